The predicted octanol–water partition coefficient (Wildman–Crippen LogP) is 0.606. The summed E-state index contributed by atoms with van der Waals surface area (Å²) in [5, 5.41) is 16.5. The van der Waals surface area contributed by atoms with E-state index in [2.05, 4.69) is 42.7 Å². The molecule has 1 aliphatic carbocycles. The number of allylic oxidation sites excluding steroid dienone is 2. The molecular formula is C16H26N4O. The Hall–Kier alpha value is -1.56. The maximum absolute atomic E-state index is 9.79. The van der Waals surface area contributed by atoms with E-state index in [0.717, 1.165) is 30.8 Å². The average molecular weight is 290 g/mol. The molecule has 5 nitrogen and oxygen atoms in total. The highest BCUT2D eigenvalue weighted by atomic mass is 16.3. The van der Waals surface area contributed by atoms with E-state index in [1.807, 2.05) is 6.08 Å². The number of rotatable bonds is 6. The molecule has 0 bridgehead atoms. The van der Waals surface area contributed by atoms with Crippen molar-refractivity contribution >= 4 is 0 Å². The molecule has 21 heavy (non-hydrogen) atoms. The van der Waals surface area contributed by atoms with Gasteiger partial charge in [-0.3, -0.25) is 0 Å². The van der Waals surface area contributed by atoms with Crippen LogP contribution in [0.5, 0.6) is 0 Å². The third kappa shape index (κ3) is 3.97. The summed E-state index contributed by atoms with van der Waals surface area (Å²) in [4.78, 5) is 0. The van der Waals surface area contributed by atoms with Crippen molar-refractivity contribution in [3.63, 3.8) is 0 Å². The van der Waals surface area contributed by atoms with Crippen LogP contribution in [0.3, 0.4) is 0 Å². The Morgan fingerprint density at radius 2 is 2.14 bits per heavy atom. The molecule has 0 saturated carbocycles. The molecule has 0 aromatic heterocycles. The minimum atomic E-state index is -1.01. The van der Waals surface area contributed by atoms with E-state index >= 15 is 0 Å². The Morgan fingerprint density at radius 1 is 1.38 bits per heavy atom. The van der Waals surface area contributed by atoms with Crippen molar-refractivity contribution in [3.8, 4) is 0 Å². The smallest absolute Gasteiger partial charge is 0.132 e. The molecule has 3 atom stereocenters. The lowest BCUT2D eigenvalue weighted by atomic mass is 9.93. The van der Waals surface area contributed by atoms with Crippen LogP contribution in [0.4, 0.5) is 0 Å². The van der Waals surface area contributed by atoms with E-state index in [4.69, 9.17) is 11.5 Å². The number of aliphatic hydroxyl groups is 1. The quantitative estimate of drug-likeness (QED) is 0.462. The molecule has 1 heterocycles. The fourth-order valence-corrected chi connectivity index (χ4v) is 2.49. The first-order valence-corrected chi connectivity index (χ1v) is 7.53. The van der Waals surface area contributed by atoms with Crippen LogP contribution in [-0.2, 0) is 0 Å². The number of hydrogen-bond acceptors (Lipinski definition) is 5. The van der Waals surface area contributed by atoms with Crippen LogP contribution < -0.4 is 22.1 Å². The van der Waals surface area contributed by atoms with Gasteiger partial charge >= 0.3 is 0 Å². The molecule has 0 aromatic rings. The van der Waals surface area contributed by atoms with Gasteiger partial charge < -0.3 is 27.2 Å². The van der Waals surface area contributed by atoms with Crippen LogP contribution in [0.2, 0.25) is 0 Å². The summed E-state index contributed by atoms with van der Waals surface area (Å²) in [6.07, 6.45) is 9.09. The Labute approximate surface area is 126 Å². The monoisotopic (exact) mass is 290 g/mol. The number of aliphatic hydroxyl groups excluding tert-OH is 1. The van der Waals surface area contributed by atoms with E-state index in [1.165, 1.54) is 5.57 Å². The molecule has 0 radical (unpaired) electrons. The van der Waals surface area contributed by atoms with E-state index in [1.54, 1.807) is 0 Å². The standard InChI is InChI=1S/C16H26N4O/c1-3-12(17)6-7-19-16-13(15(18)21)9-11-8-10(2)4-5-14(11)20-16/h4-5,8-9,12,14-15,19-21H,3,6-7,17-18H2,1-2H3. The summed E-state index contributed by atoms with van der Waals surface area (Å²) >= 11 is 0. The van der Waals surface area contributed by atoms with Gasteiger partial charge in [0.1, 0.15) is 12.0 Å². The van der Waals surface area contributed by atoms with Gasteiger partial charge in [-0.1, -0.05) is 30.7 Å². The number of nitrogens with two attached hydrogens (primary N) is 2. The second-order valence-corrected chi connectivity index (χ2v) is 5.67. The van der Waals surface area contributed by atoms with Gasteiger partial charge in [-0.2, -0.15) is 0 Å². The fraction of sp³-hybridized carbons (Fsp3) is 0.500. The highest BCUT2D eigenvalue weighted by molar-refractivity contribution is 5.49. The first-order chi connectivity index (χ1) is 10.0. The van der Waals surface area contributed by atoms with E-state index in [0.29, 0.717) is 5.57 Å². The summed E-state index contributed by atoms with van der Waals surface area (Å²) in [5.74, 6) is 0.791. The molecule has 0 fully saturated rings. The van der Waals surface area contributed by atoms with Crippen molar-refractivity contribution in [1.82, 2.24) is 10.6 Å². The molecule has 2 aliphatic rings. The molecule has 0 amide bonds. The van der Waals surface area contributed by atoms with E-state index in [-0.39, 0.29) is 12.1 Å². The van der Waals surface area contributed by atoms with E-state index in [9.17, 15) is 5.11 Å². The van der Waals surface area contributed by atoms with Crippen LogP contribution in [0.15, 0.2) is 46.8 Å². The van der Waals surface area contributed by atoms with E-state index < -0.39 is 6.23 Å². The molecule has 5 heteroatoms. The van der Waals surface area contributed by atoms with Crippen molar-refractivity contribution in [3.05, 3.63) is 46.8 Å². The van der Waals surface area contributed by atoms with Crippen molar-refractivity contribution in [2.24, 2.45) is 11.5 Å². The molecule has 1 aliphatic heterocycles. The van der Waals surface area contributed by atoms with Crippen LogP contribution >= 0.6 is 0 Å². The zero-order valence-electron chi connectivity index (χ0n) is 12.8. The third-order valence-corrected chi connectivity index (χ3v) is 3.88. The largest absolute Gasteiger partial charge is 0.374 e. The zero-order valence-corrected chi connectivity index (χ0v) is 12.8. The number of hydrogen-bond donors (Lipinski definition) is 5. The van der Waals surface area contributed by atoms with Crippen LogP contribution in [0.25, 0.3) is 0 Å². The average Bonchev–Trinajstić information content (AvgIpc) is 2.46. The van der Waals surface area contributed by atoms with Gasteiger partial charge in [0.05, 0.1) is 6.04 Å². The molecule has 0 aromatic carbocycles. The summed E-state index contributed by atoms with van der Waals surface area (Å²) in [5.41, 5.74) is 14.6. The Morgan fingerprint density at radius 3 is 2.81 bits per heavy atom. The summed E-state index contributed by atoms with van der Waals surface area (Å²) in [6.45, 7) is 4.88. The summed E-state index contributed by atoms with van der Waals surface area (Å²) in [6, 6.07) is 0.317. The van der Waals surface area contributed by atoms with Gasteiger partial charge in [0.2, 0.25) is 0 Å². The van der Waals surface area contributed by atoms with Gasteiger partial charge in [0.15, 0.2) is 0 Å². The van der Waals surface area contributed by atoms with Gasteiger partial charge in [-0.15, -0.1) is 0 Å². The molecule has 2 rings (SSSR count). The van der Waals surface area contributed by atoms with Gasteiger partial charge in [-0.05, 0) is 31.4 Å². The molecular weight excluding hydrogens is 264 g/mol. The summed E-state index contributed by atoms with van der Waals surface area (Å²) in [7, 11) is 0. The zero-order chi connectivity index (χ0) is 15.4. The lowest BCUT2D eigenvalue weighted by Gasteiger charge is -2.30. The van der Waals surface area contributed by atoms with Gasteiger partial charge in [-0.25, -0.2) is 0 Å². The number of fused-ring (bicyclic) bond motifs is 1. The predicted molar refractivity (Wildman–Crippen MR) is 86.0 cm³/mol. The topological polar surface area (TPSA) is 96.3 Å². The van der Waals surface area contributed by atoms with Crippen molar-refractivity contribution in [2.45, 2.75) is 45.0 Å². The number of nitrogens with one attached hydrogen (secondary N) is 2. The minimum absolute atomic E-state index is 0.124. The first kappa shape index (κ1) is 15.8. The molecule has 3 unspecified atom stereocenters. The minimum Gasteiger partial charge on any atom is -0.374 e. The van der Waals surface area contributed by atoms with Crippen LogP contribution in [0, 0.1) is 0 Å². The van der Waals surface area contributed by atoms with Crippen molar-refractivity contribution < 1.29 is 5.11 Å². The maximum atomic E-state index is 9.79. The Kier molecular flexibility index (Phi) is 5.22. The molecule has 116 valence electrons. The Bertz CT molecular complexity index is 502. The highest BCUT2D eigenvalue weighted by Crippen LogP contribution is 2.24. The fourth-order valence-electron chi connectivity index (χ4n) is 2.49. The lowest BCUT2D eigenvalue weighted by molar-refractivity contribution is 0.219. The molecule has 7 N–H and O–H groups in total. The van der Waals surface area contributed by atoms with Crippen molar-refractivity contribution in [2.75, 3.05) is 6.54 Å². The maximum Gasteiger partial charge on any atom is 0.132 e. The third-order valence-electron chi connectivity index (χ3n) is 3.88. The molecule has 0 saturated heterocycles. The second-order valence-electron chi connectivity index (χ2n) is 5.67. The second kappa shape index (κ2) is 6.93. The van der Waals surface area contributed by atoms with Crippen LogP contribution in [0.1, 0.15) is 26.7 Å². The summed E-state index contributed by atoms with van der Waals surface area (Å²) < 4.78 is 0. The normalized spacial score (nSPS) is 23.8. The van der Waals surface area contributed by atoms with Gasteiger partial charge in [0.25, 0.3) is 0 Å². The Balaban J connectivity index is 2.12. The van der Waals surface area contributed by atoms with Gasteiger partial charge in [0, 0.05) is 18.2 Å². The van der Waals surface area contributed by atoms with Crippen LogP contribution in [-0.4, -0.2) is 30.0 Å². The first-order valence-electron chi connectivity index (χ1n) is 7.53. The number of dihydropyridines is 1. The molecule has 0 spiro atoms. The SMILES string of the molecule is CCC(N)CCNC1=C(C(N)O)C=C2C=C(C)C=CC2N1. The van der Waals surface area contributed by atoms with Crippen molar-refractivity contribution in [1.29, 1.82) is 0 Å². The highest BCUT2D eigenvalue weighted by Gasteiger charge is 2.23. The lowest BCUT2D eigenvalue weighted by Crippen LogP contribution is -2.43.